The summed E-state index contributed by atoms with van der Waals surface area (Å²) in [5.74, 6) is 2.64. The lowest BCUT2D eigenvalue weighted by Gasteiger charge is -2.32. The summed E-state index contributed by atoms with van der Waals surface area (Å²) in [6.45, 7) is 5.20. The lowest BCUT2D eigenvalue weighted by atomic mass is 9.80. The summed E-state index contributed by atoms with van der Waals surface area (Å²) in [7, 11) is 0. The second-order valence-corrected chi connectivity index (χ2v) is 5.55. The minimum absolute atomic E-state index is 0.498. The highest BCUT2D eigenvalue weighted by molar-refractivity contribution is 7.98. The van der Waals surface area contributed by atoms with Crippen molar-refractivity contribution in [1.29, 1.82) is 0 Å². The number of nitrogens with zero attached hydrogens (tertiary/aromatic N) is 2. The predicted octanol–water partition coefficient (Wildman–Crippen LogP) is 3.23. The van der Waals surface area contributed by atoms with Crippen molar-refractivity contribution in [2.45, 2.75) is 44.3 Å². The van der Waals surface area contributed by atoms with Gasteiger partial charge in [0.25, 0.3) is 0 Å². The van der Waals surface area contributed by atoms with Gasteiger partial charge >= 0.3 is 0 Å². The second kappa shape index (κ2) is 6.27. The van der Waals surface area contributed by atoms with Crippen LogP contribution in [0.25, 0.3) is 0 Å². The summed E-state index contributed by atoms with van der Waals surface area (Å²) >= 11 is 1.58. The number of rotatable bonds is 6. The van der Waals surface area contributed by atoms with Crippen LogP contribution in [0.2, 0.25) is 0 Å². The summed E-state index contributed by atoms with van der Waals surface area (Å²) in [6.07, 6.45) is 6.06. The maximum Gasteiger partial charge on any atom is 0.191 e. The van der Waals surface area contributed by atoms with E-state index >= 15 is 0 Å². The molecule has 1 unspecified atom stereocenters. The molecule has 1 heterocycles. The zero-order valence-electron chi connectivity index (χ0n) is 11.4. The van der Waals surface area contributed by atoms with E-state index in [1.165, 1.54) is 19.3 Å². The largest absolute Gasteiger partial charge is 0.370 e. The van der Waals surface area contributed by atoms with E-state index < -0.39 is 0 Å². The molecular weight excluding hydrogens is 244 g/mol. The zero-order chi connectivity index (χ0) is 13.0. The van der Waals surface area contributed by atoms with Crippen LogP contribution in [0, 0.1) is 5.92 Å². The van der Waals surface area contributed by atoms with E-state index in [0.29, 0.717) is 6.04 Å². The minimum Gasteiger partial charge on any atom is -0.370 e. The standard InChI is InChI=1S/C13H22N4S/c1-4-14-11-8-12(17-13(16-11)18-3)15-9(2)10-6-5-7-10/h8-10H,4-7H2,1-3H3,(H2,14,15,16,17). The molecule has 0 aromatic carbocycles. The number of hydrogen-bond donors (Lipinski definition) is 2. The van der Waals surface area contributed by atoms with E-state index in [2.05, 4.69) is 34.4 Å². The van der Waals surface area contributed by atoms with E-state index in [1.54, 1.807) is 11.8 Å². The average Bonchev–Trinajstić information content (AvgIpc) is 2.26. The number of nitrogens with one attached hydrogen (secondary N) is 2. The van der Waals surface area contributed by atoms with Gasteiger partial charge < -0.3 is 10.6 Å². The fourth-order valence-corrected chi connectivity index (χ4v) is 2.53. The monoisotopic (exact) mass is 266 g/mol. The van der Waals surface area contributed by atoms with Crippen LogP contribution >= 0.6 is 11.8 Å². The molecule has 2 rings (SSSR count). The Labute approximate surface area is 113 Å². The fourth-order valence-electron chi connectivity index (χ4n) is 2.15. The smallest absolute Gasteiger partial charge is 0.191 e. The Bertz CT molecular complexity index is 393. The molecule has 0 bridgehead atoms. The van der Waals surface area contributed by atoms with Gasteiger partial charge in [0, 0.05) is 18.7 Å². The van der Waals surface area contributed by atoms with Gasteiger partial charge in [0.15, 0.2) is 5.16 Å². The number of hydrogen-bond acceptors (Lipinski definition) is 5. The highest BCUT2D eigenvalue weighted by Crippen LogP contribution is 2.31. The summed E-state index contributed by atoms with van der Waals surface area (Å²) in [4.78, 5) is 8.94. The first kappa shape index (κ1) is 13.5. The number of thioether (sulfide) groups is 1. The Morgan fingerprint density at radius 2 is 2.11 bits per heavy atom. The van der Waals surface area contributed by atoms with Crippen LogP contribution in [-0.2, 0) is 0 Å². The van der Waals surface area contributed by atoms with Crippen molar-refractivity contribution in [3.8, 4) is 0 Å². The minimum atomic E-state index is 0.498. The van der Waals surface area contributed by atoms with Crippen LogP contribution < -0.4 is 10.6 Å². The van der Waals surface area contributed by atoms with E-state index in [4.69, 9.17) is 0 Å². The Balaban J connectivity index is 2.07. The van der Waals surface area contributed by atoms with E-state index in [1.807, 2.05) is 12.3 Å². The molecular formula is C13H22N4S. The van der Waals surface area contributed by atoms with Gasteiger partial charge in [-0.1, -0.05) is 18.2 Å². The van der Waals surface area contributed by atoms with Gasteiger partial charge in [-0.25, -0.2) is 9.97 Å². The lowest BCUT2D eigenvalue weighted by molar-refractivity contribution is 0.285. The second-order valence-electron chi connectivity index (χ2n) is 4.78. The van der Waals surface area contributed by atoms with Crippen LogP contribution in [0.1, 0.15) is 33.1 Å². The lowest BCUT2D eigenvalue weighted by Crippen LogP contribution is -2.31. The molecule has 1 atom stereocenters. The zero-order valence-corrected chi connectivity index (χ0v) is 12.2. The Morgan fingerprint density at radius 3 is 2.67 bits per heavy atom. The third-order valence-corrected chi connectivity index (χ3v) is 4.03. The molecule has 0 saturated heterocycles. The van der Waals surface area contributed by atoms with E-state index in [-0.39, 0.29) is 0 Å². The predicted molar refractivity (Wildman–Crippen MR) is 78.4 cm³/mol. The third kappa shape index (κ3) is 3.28. The first-order valence-electron chi connectivity index (χ1n) is 6.66. The van der Waals surface area contributed by atoms with E-state index in [0.717, 1.165) is 29.3 Å². The number of aromatic nitrogens is 2. The highest BCUT2D eigenvalue weighted by atomic mass is 32.2. The average molecular weight is 266 g/mol. The molecule has 0 radical (unpaired) electrons. The topological polar surface area (TPSA) is 49.8 Å². The molecule has 2 N–H and O–H groups in total. The molecule has 1 aliphatic rings. The van der Waals surface area contributed by atoms with Gasteiger partial charge in [-0.15, -0.1) is 0 Å². The summed E-state index contributed by atoms with van der Waals surface area (Å²) in [5, 5.41) is 7.58. The normalized spacial score (nSPS) is 17.1. The molecule has 1 fully saturated rings. The third-order valence-electron chi connectivity index (χ3n) is 3.48. The Hall–Kier alpha value is -0.970. The molecule has 4 nitrogen and oxygen atoms in total. The molecule has 5 heteroatoms. The van der Waals surface area contributed by atoms with Gasteiger partial charge in [-0.2, -0.15) is 0 Å². The summed E-state index contributed by atoms with van der Waals surface area (Å²) in [5.41, 5.74) is 0. The fraction of sp³-hybridized carbons (Fsp3) is 0.692. The van der Waals surface area contributed by atoms with Crippen molar-refractivity contribution in [1.82, 2.24) is 9.97 Å². The molecule has 0 spiro atoms. The number of anilines is 2. The maximum atomic E-state index is 4.52. The molecule has 0 aliphatic heterocycles. The van der Waals surface area contributed by atoms with Gasteiger partial charge in [-0.05, 0) is 38.9 Å². The van der Waals surface area contributed by atoms with Gasteiger partial charge in [0.05, 0.1) is 0 Å². The first-order valence-corrected chi connectivity index (χ1v) is 7.89. The van der Waals surface area contributed by atoms with Crippen LogP contribution in [0.4, 0.5) is 11.6 Å². The van der Waals surface area contributed by atoms with Crippen molar-refractivity contribution in [2.75, 3.05) is 23.4 Å². The van der Waals surface area contributed by atoms with Crippen molar-refractivity contribution in [3.05, 3.63) is 6.07 Å². The van der Waals surface area contributed by atoms with Crippen LogP contribution in [0.15, 0.2) is 11.2 Å². The Morgan fingerprint density at radius 1 is 1.39 bits per heavy atom. The van der Waals surface area contributed by atoms with Crippen LogP contribution in [-0.4, -0.2) is 28.8 Å². The van der Waals surface area contributed by atoms with Gasteiger partial charge in [0.2, 0.25) is 0 Å². The van der Waals surface area contributed by atoms with Gasteiger partial charge in [0.1, 0.15) is 11.6 Å². The molecule has 18 heavy (non-hydrogen) atoms. The van der Waals surface area contributed by atoms with Crippen LogP contribution in [0.3, 0.4) is 0 Å². The first-order chi connectivity index (χ1) is 8.72. The highest BCUT2D eigenvalue weighted by Gasteiger charge is 2.24. The van der Waals surface area contributed by atoms with Crippen molar-refractivity contribution in [2.24, 2.45) is 5.92 Å². The molecule has 1 aromatic rings. The van der Waals surface area contributed by atoms with Crippen molar-refractivity contribution < 1.29 is 0 Å². The molecule has 1 aromatic heterocycles. The molecule has 1 saturated carbocycles. The van der Waals surface area contributed by atoms with Crippen molar-refractivity contribution in [3.63, 3.8) is 0 Å². The van der Waals surface area contributed by atoms with E-state index in [9.17, 15) is 0 Å². The Kier molecular flexibility index (Phi) is 4.69. The SMILES string of the molecule is CCNc1cc(NC(C)C2CCC2)nc(SC)n1. The maximum absolute atomic E-state index is 4.52. The summed E-state index contributed by atoms with van der Waals surface area (Å²) < 4.78 is 0. The molecule has 1 aliphatic carbocycles. The molecule has 0 amide bonds. The molecule has 100 valence electrons. The van der Waals surface area contributed by atoms with Crippen LogP contribution in [0.5, 0.6) is 0 Å². The summed E-state index contributed by atoms with van der Waals surface area (Å²) in [6, 6.07) is 2.50. The van der Waals surface area contributed by atoms with Gasteiger partial charge in [-0.3, -0.25) is 0 Å². The van der Waals surface area contributed by atoms with Crippen molar-refractivity contribution >= 4 is 23.4 Å². The quantitative estimate of drug-likeness (QED) is 0.611.